The van der Waals surface area contributed by atoms with Crippen LogP contribution in [0.25, 0.3) is 0 Å². The average Bonchev–Trinajstić information content (AvgIpc) is 2.46. The highest BCUT2D eigenvalue weighted by Gasteiger charge is 2.38. The van der Waals surface area contributed by atoms with Gasteiger partial charge in [-0.2, -0.15) is 0 Å². The molecule has 2 rings (SSSR count). The maximum atomic E-state index is 11.9. The monoisotopic (exact) mass is 233 g/mol. The highest BCUT2D eigenvalue weighted by molar-refractivity contribution is 5.85. The van der Waals surface area contributed by atoms with E-state index in [0.29, 0.717) is 6.54 Å². The standard InChI is InChI=1S/C10H19N3O.ClH/c1-10(6-11)3-5-13(7-10)9(14)8-2-4-12-8;/h8,12H,2-7,11H2,1H3;1H/t8-,10?;/m1./s1. The predicted molar refractivity (Wildman–Crippen MR) is 62.0 cm³/mol. The number of nitrogens with two attached hydrogens (primary N) is 1. The molecule has 0 spiro atoms. The normalized spacial score (nSPS) is 34.5. The quantitative estimate of drug-likeness (QED) is 0.704. The predicted octanol–water partition coefficient (Wildman–Crippen LogP) is -0.0326. The Hall–Kier alpha value is -0.320. The second-order valence-corrected chi connectivity index (χ2v) is 4.82. The van der Waals surface area contributed by atoms with E-state index in [9.17, 15) is 4.79 Å². The van der Waals surface area contributed by atoms with Gasteiger partial charge in [0.1, 0.15) is 0 Å². The van der Waals surface area contributed by atoms with Crippen LogP contribution in [0.4, 0.5) is 0 Å². The number of amides is 1. The summed E-state index contributed by atoms with van der Waals surface area (Å²) in [5, 5.41) is 3.15. The molecule has 2 saturated heterocycles. The third kappa shape index (κ3) is 2.44. The number of halogens is 1. The molecule has 4 nitrogen and oxygen atoms in total. The minimum Gasteiger partial charge on any atom is -0.341 e. The fourth-order valence-corrected chi connectivity index (χ4v) is 2.10. The van der Waals surface area contributed by atoms with Crippen LogP contribution in [-0.4, -0.2) is 43.0 Å². The molecule has 0 saturated carbocycles. The van der Waals surface area contributed by atoms with E-state index in [1.165, 1.54) is 0 Å². The van der Waals surface area contributed by atoms with Gasteiger partial charge in [0, 0.05) is 13.1 Å². The van der Waals surface area contributed by atoms with E-state index in [4.69, 9.17) is 5.73 Å². The van der Waals surface area contributed by atoms with Gasteiger partial charge in [-0.15, -0.1) is 12.4 Å². The first-order chi connectivity index (χ1) is 6.64. The van der Waals surface area contributed by atoms with Gasteiger partial charge in [0.2, 0.25) is 5.91 Å². The van der Waals surface area contributed by atoms with Gasteiger partial charge < -0.3 is 16.0 Å². The van der Waals surface area contributed by atoms with Crippen LogP contribution >= 0.6 is 12.4 Å². The lowest BCUT2D eigenvalue weighted by Gasteiger charge is -2.31. The summed E-state index contributed by atoms with van der Waals surface area (Å²) in [7, 11) is 0. The Morgan fingerprint density at radius 2 is 2.33 bits per heavy atom. The molecule has 0 radical (unpaired) electrons. The van der Waals surface area contributed by atoms with Crippen molar-refractivity contribution >= 4 is 18.3 Å². The van der Waals surface area contributed by atoms with Crippen LogP contribution in [0.3, 0.4) is 0 Å². The number of likely N-dealkylation sites (tertiary alicyclic amines) is 1. The lowest BCUT2D eigenvalue weighted by Crippen LogP contribution is -2.54. The minimum absolute atomic E-state index is 0. The molecule has 3 N–H and O–H groups in total. The molecule has 0 bridgehead atoms. The van der Waals surface area contributed by atoms with E-state index in [2.05, 4.69) is 12.2 Å². The van der Waals surface area contributed by atoms with Crippen molar-refractivity contribution in [3.63, 3.8) is 0 Å². The molecule has 88 valence electrons. The van der Waals surface area contributed by atoms with Gasteiger partial charge in [0.25, 0.3) is 0 Å². The summed E-state index contributed by atoms with van der Waals surface area (Å²) < 4.78 is 0. The Balaban J connectivity index is 0.00000112. The van der Waals surface area contributed by atoms with Crippen LogP contribution in [-0.2, 0) is 4.79 Å². The molecule has 0 aromatic rings. The third-order valence-corrected chi connectivity index (χ3v) is 3.48. The number of rotatable bonds is 2. The first kappa shape index (κ1) is 12.7. The molecule has 0 aromatic heterocycles. The van der Waals surface area contributed by atoms with Crippen LogP contribution in [0.1, 0.15) is 19.8 Å². The van der Waals surface area contributed by atoms with Gasteiger partial charge in [-0.1, -0.05) is 6.92 Å². The van der Waals surface area contributed by atoms with Crippen LogP contribution in [0, 0.1) is 5.41 Å². The zero-order valence-corrected chi connectivity index (χ0v) is 9.98. The molecule has 0 aliphatic carbocycles. The van der Waals surface area contributed by atoms with Gasteiger partial charge in [-0.3, -0.25) is 4.79 Å². The van der Waals surface area contributed by atoms with Crippen molar-refractivity contribution in [1.82, 2.24) is 10.2 Å². The Labute approximate surface area is 97.0 Å². The SMILES string of the molecule is CC1(CN)CCN(C(=O)[C@H]2CCN2)C1.Cl. The molecule has 1 amide bonds. The van der Waals surface area contributed by atoms with E-state index in [1.54, 1.807) is 0 Å². The number of hydrogen-bond acceptors (Lipinski definition) is 3. The number of carbonyl (C=O) groups is 1. The van der Waals surface area contributed by atoms with Crippen molar-refractivity contribution in [1.29, 1.82) is 0 Å². The Morgan fingerprint density at radius 3 is 2.73 bits per heavy atom. The van der Waals surface area contributed by atoms with Crippen molar-refractivity contribution in [2.45, 2.75) is 25.8 Å². The maximum Gasteiger partial charge on any atom is 0.239 e. The van der Waals surface area contributed by atoms with Crippen molar-refractivity contribution in [3.8, 4) is 0 Å². The van der Waals surface area contributed by atoms with Crippen molar-refractivity contribution in [2.75, 3.05) is 26.2 Å². The van der Waals surface area contributed by atoms with Gasteiger partial charge >= 0.3 is 0 Å². The lowest BCUT2D eigenvalue weighted by atomic mass is 9.90. The largest absolute Gasteiger partial charge is 0.341 e. The molecule has 2 aliphatic rings. The van der Waals surface area contributed by atoms with Gasteiger partial charge in [0.15, 0.2) is 0 Å². The van der Waals surface area contributed by atoms with E-state index in [0.717, 1.165) is 32.5 Å². The second kappa shape index (κ2) is 4.68. The summed E-state index contributed by atoms with van der Waals surface area (Å²) in [6.07, 6.45) is 2.04. The first-order valence-corrected chi connectivity index (χ1v) is 5.37. The number of hydrogen-bond donors (Lipinski definition) is 2. The maximum absolute atomic E-state index is 11.9. The summed E-state index contributed by atoms with van der Waals surface area (Å²) in [5.41, 5.74) is 5.85. The van der Waals surface area contributed by atoms with E-state index in [-0.39, 0.29) is 29.8 Å². The fraction of sp³-hybridized carbons (Fsp3) is 0.900. The minimum atomic E-state index is 0. The zero-order valence-electron chi connectivity index (χ0n) is 9.16. The van der Waals surface area contributed by atoms with Crippen LogP contribution < -0.4 is 11.1 Å². The summed E-state index contributed by atoms with van der Waals surface area (Å²) in [5.74, 6) is 0.272. The summed E-state index contributed by atoms with van der Waals surface area (Å²) >= 11 is 0. The molecule has 1 unspecified atom stereocenters. The lowest BCUT2D eigenvalue weighted by molar-refractivity contribution is -0.134. The molecule has 15 heavy (non-hydrogen) atoms. The van der Waals surface area contributed by atoms with Gasteiger partial charge in [0.05, 0.1) is 6.04 Å². The molecular weight excluding hydrogens is 214 g/mol. The summed E-state index contributed by atoms with van der Waals surface area (Å²) in [6.45, 7) is 5.53. The molecule has 0 aromatic carbocycles. The molecular formula is C10H20ClN3O. The van der Waals surface area contributed by atoms with Crippen molar-refractivity contribution in [3.05, 3.63) is 0 Å². The molecule has 2 fully saturated rings. The first-order valence-electron chi connectivity index (χ1n) is 5.37. The highest BCUT2D eigenvalue weighted by atomic mass is 35.5. The van der Waals surface area contributed by atoms with E-state index < -0.39 is 0 Å². The molecule has 2 aliphatic heterocycles. The fourth-order valence-electron chi connectivity index (χ4n) is 2.10. The highest BCUT2D eigenvalue weighted by Crippen LogP contribution is 2.29. The number of carbonyl (C=O) groups excluding carboxylic acids is 1. The van der Waals surface area contributed by atoms with Crippen LogP contribution in [0.5, 0.6) is 0 Å². The van der Waals surface area contributed by atoms with Gasteiger partial charge in [-0.05, 0) is 31.3 Å². The average molecular weight is 234 g/mol. The van der Waals surface area contributed by atoms with E-state index >= 15 is 0 Å². The zero-order chi connectivity index (χ0) is 10.2. The number of nitrogens with one attached hydrogen (secondary N) is 1. The smallest absolute Gasteiger partial charge is 0.239 e. The summed E-state index contributed by atoms with van der Waals surface area (Å²) in [6, 6.07) is 0.0927. The Bertz CT molecular complexity index is 245. The third-order valence-electron chi connectivity index (χ3n) is 3.48. The second-order valence-electron chi connectivity index (χ2n) is 4.82. The summed E-state index contributed by atoms with van der Waals surface area (Å²) in [4.78, 5) is 13.8. The topological polar surface area (TPSA) is 58.4 Å². The van der Waals surface area contributed by atoms with Crippen LogP contribution in [0.2, 0.25) is 0 Å². The van der Waals surface area contributed by atoms with Crippen molar-refractivity contribution < 1.29 is 4.79 Å². The molecule has 5 heteroatoms. The Morgan fingerprint density at radius 1 is 1.67 bits per heavy atom. The van der Waals surface area contributed by atoms with Crippen molar-refractivity contribution in [2.24, 2.45) is 11.1 Å². The van der Waals surface area contributed by atoms with Gasteiger partial charge in [-0.25, -0.2) is 0 Å². The van der Waals surface area contributed by atoms with Crippen LogP contribution in [0.15, 0.2) is 0 Å². The molecule has 2 atom stereocenters. The van der Waals surface area contributed by atoms with E-state index in [1.807, 2.05) is 4.90 Å². The molecule has 2 heterocycles. The Kier molecular flexibility index (Phi) is 3.98. The number of nitrogens with zero attached hydrogens (tertiary/aromatic N) is 1.